The maximum Gasteiger partial charge on any atom is 0.225 e. The first-order valence-electron chi connectivity index (χ1n) is 8.59. The second-order valence-electron chi connectivity index (χ2n) is 6.61. The Hall–Kier alpha value is -1.10. The largest absolute Gasteiger partial charge is 0.326 e. The van der Waals surface area contributed by atoms with E-state index in [0.717, 1.165) is 31.9 Å². The number of amides is 1. The maximum absolute atomic E-state index is 12.2. The lowest BCUT2D eigenvalue weighted by Crippen LogP contribution is -2.62. The van der Waals surface area contributed by atoms with Crippen LogP contribution >= 0.6 is 12.4 Å². The number of carbonyl (C=O) groups excluding carboxylic acids is 1. The molecule has 1 aliphatic carbocycles. The van der Waals surface area contributed by atoms with Gasteiger partial charge in [0, 0.05) is 43.8 Å². The summed E-state index contributed by atoms with van der Waals surface area (Å²) < 4.78 is 0. The van der Waals surface area contributed by atoms with E-state index in [4.69, 9.17) is 0 Å². The monoisotopic (exact) mass is 337 g/mol. The lowest BCUT2D eigenvalue weighted by Gasteiger charge is -2.50. The van der Waals surface area contributed by atoms with Crippen molar-refractivity contribution in [2.75, 3.05) is 31.5 Å². The van der Waals surface area contributed by atoms with Gasteiger partial charge in [0.25, 0.3) is 0 Å². The van der Waals surface area contributed by atoms with Crippen LogP contribution in [0.3, 0.4) is 0 Å². The third kappa shape index (κ3) is 4.69. The summed E-state index contributed by atoms with van der Waals surface area (Å²) in [6.07, 6.45) is 7.16. The average Bonchev–Trinajstić information content (AvgIpc) is 2.56. The van der Waals surface area contributed by atoms with Crippen molar-refractivity contribution in [1.29, 1.82) is 0 Å². The molecular formula is C18H28ClN3O. The lowest BCUT2D eigenvalue weighted by molar-refractivity contribution is -0.117. The molecule has 1 amide bonds. The zero-order chi connectivity index (χ0) is 15.3. The Morgan fingerprint density at radius 2 is 1.91 bits per heavy atom. The van der Waals surface area contributed by atoms with Gasteiger partial charge in [0.05, 0.1) is 0 Å². The summed E-state index contributed by atoms with van der Waals surface area (Å²) >= 11 is 0. The summed E-state index contributed by atoms with van der Waals surface area (Å²) in [6, 6.07) is 9.73. The summed E-state index contributed by atoms with van der Waals surface area (Å²) in [5.41, 5.74) is 1.20. The smallest absolute Gasteiger partial charge is 0.225 e. The molecule has 1 aliphatic heterocycles. The Bertz CT molecular complexity index is 480. The van der Waals surface area contributed by atoms with E-state index in [1.807, 2.05) is 30.3 Å². The molecule has 0 atom stereocenters. The van der Waals surface area contributed by atoms with Crippen molar-refractivity contribution < 1.29 is 4.79 Å². The summed E-state index contributed by atoms with van der Waals surface area (Å²) in [6.45, 7) is 4.08. The third-order valence-electron chi connectivity index (χ3n) is 5.13. The van der Waals surface area contributed by atoms with Crippen molar-refractivity contribution in [3.8, 4) is 0 Å². The first-order valence-corrected chi connectivity index (χ1v) is 8.59. The molecule has 1 aromatic rings. The molecule has 5 heteroatoms. The van der Waals surface area contributed by atoms with Gasteiger partial charge in [0.1, 0.15) is 0 Å². The molecule has 1 spiro atoms. The Morgan fingerprint density at radius 3 is 2.65 bits per heavy atom. The molecule has 2 fully saturated rings. The van der Waals surface area contributed by atoms with E-state index in [-0.39, 0.29) is 18.3 Å². The first kappa shape index (κ1) is 18.2. The van der Waals surface area contributed by atoms with Gasteiger partial charge < -0.3 is 10.6 Å². The van der Waals surface area contributed by atoms with Gasteiger partial charge >= 0.3 is 0 Å². The molecule has 0 unspecified atom stereocenters. The highest BCUT2D eigenvalue weighted by atomic mass is 35.5. The van der Waals surface area contributed by atoms with Gasteiger partial charge in [-0.2, -0.15) is 0 Å². The Balaban J connectivity index is 0.00000192. The van der Waals surface area contributed by atoms with Crippen LogP contribution in [0.4, 0.5) is 5.69 Å². The molecule has 1 saturated carbocycles. The lowest BCUT2D eigenvalue weighted by atomic mass is 9.79. The minimum absolute atomic E-state index is 0. The number of anilines is 1. The van der Waals surface area contributed by atoms with Crippen LogP contribution in [-0.4, -0.2) is 42.5 Å². The van der Waals surface area contributed by atoms with Gasteiger partial charge in [-0.05, 0) is 25.0 Å². The molecule has 0 bridgehead atoms. The predicted molar refractivity (Wildman–Crippen MR) is 97.2 cm³/mol. The molecule has 1 saturated heterocycles. The fourth-order valence-electron chi connectivity index (χ4n) is 3.92. The number of nitrogens with zero attached hydrogens (tertiary/aromatic N) is 1. The summed E-state index contributed by atoms with van der Waals surface area (Å²) in [5, 5.41) is 6.55. The Kier molecular flexibility index (Phi) is 6.88. The van der Waals surface area contributed by atoms with Gasteiger partial charge in [-0.1, -0.05) is 37.5 Å². The minimum Gasteiger partial charge on any atom is -0.326 e. The number of nitrogens with one attached hydrogen (secondary N) is 2. The van der Waals surface area contributed by atoms with Gasteiger partial charge in [0.2, 0.25) is 5.91 Å². The van der Waals surface area contributed by atoms with Crippen LogP contribution in [-0.2, 0) is 4.79 Å². The van der Waals surface area contributed by atoms with Gasteiger partial charge in [-0.3, -0.25) is 9.69 Å². The average molecular weight is 338 g/mol. The Labute approximate surface area is 145 Å². The molecule has 23 heavy (non-hydrogen) atoms. The standard InChI is InChI=1S/C18H27N3O.ClH/c22-17(20-16-7-3-1-4-8-16)9-13-21-14-12-19-15-18(21)10-5-2-6-11-18;/h1,3-4,7-8,19H,2,5-6,9-15H2,(H,20,22);1H. The van der Waals surface area contributed by atoms with Crippen LogP contribution < -0.4 is 10.6 Å². The molecule has 4 nitrogen and oxygen atoms in total. The highest BCUT2D eigenvalue weighted by molar-refractivity contribution is 5.90. The normalized spacial score (nSPS) is 20.7. The van der Waals surface area contributed by atoms with Crippen molar-refractivity contribution >= 4 is 24.0 Å². The summed E-state index contributed by atoms with van der Waals surface area (Å²) in [4.78, 5) is 14.7. The van der Waals surface area contributed by atoms with Crippen molar-refractivity contribution in [2.45, 2.75) is 44.1 Å². The molecule has 0 radical (unpaired) electrons. The van der Waals surface area contributed by atoms with E-state index in [0.29, 0.717) is 12.0 Å². The number of carbonyl (C=O) groups is 1. The van der Waals surface area contributed by atoms with Crippen LogP contribution in [0.1, 0.15) is 38.5 Å². The molecule has 0 aromatic heterocycles. The van der Waals surface area contributed by atoms with Crippen LogP contribution in [0.15, 0.2) is 30.3 Å². The topological polar surface area (TPSA) is 44.4 Å². The molecule has 128 valence electrons. The van der Waals surface area contributed by atoms with E-state index < -0.39 is 0 Å². The van der Waals surface area contributed by atoms with Crippen LogP contribution in [0.25, 0.3) is 0 Å². The minimum atomic E-state index is 0. The zero-order valence-corrected chi connectivity index (χ0v) is 14.5. The van der Waals surface area contributed by atoms with E-state index in [2.05, 4.69) is 15.5 Å². The van der Waals surface area contributed by atoms with Gasteiger partial charge in [0.15, 0.2) is 0 Å². The highest BCUT2D eigenvalue weighted by Crippen LogP contribution is 2.34. The second kappa shape index (κ2) is 8.67. The number of hydrogen-bond acceptors (Lipinski definition) is 3. The van der Waals surface area contributed by atoms with Crippen LogP contribution in [0.5, 0.6) is 0 Å². The predicted octanol–water partition coefficient (Wildman–Crippen LogP) is 3.05. The van der Waals surface area contributed by atoms with Crippen LogP contribution in [0, 0.1) is 0 Å². The fraction of sp³-hybridized carbons (Fsp3) is 0.611. The summed E-state index contributed by atoms with van der Waals surface area (Å²) in [5.74, 6) is 0.121. The SMILES string of the molecule is Cl.O=C(CCN1CCNCC12CCCCC2)Nc1ccccc1. The number of piperazine rings is 1. The second-order valence-corrected chi connectivity index (χ2v) is 6.61. The van der Waals surface area contributed by atoms with Crippen LogP contribution in [0.2, 0.25) is 0 Å². The first-order chi connectivity index (χ1) is 10.8. The van der Waals surface area contributed by atoms with Crippen molar-refractivity contribution in [2.24, 2.45) is 0 Å². The number of para-hydroxylation sites is 1. The third-order valence-corrected chi connectivity index (χ3v) is 5.13. The van der Waals surface area contributed by atoms with E-state index in [1.54, 1.807) is 0 Å². The van der Waals surface area contributed by atoms with Gasteiger partial charge in [-0.15, -0.1) is 12.4 Å². The zero-order valence-electron chi connectivity index (χ0n) is 13.7. The van der Waals surface area contributed by atoms with Gasteiger partial charge in [-0.25, -0.2) is 0 Å². The van der Waals surface area contributed by atoms with Crippen molar-refractivity contribution in [3.63, 3.8) is 0 Å². The number of hydrogen-bond donors (Lipinski definition) is 2. The van der Waals surface area contributed by atoms with E-state index in [1.165, 1.54) is 32.1 Å². The molecule has 3 rings (SSSR count). The molecule has 2 N–H and O–H groups in total. The van der Waals surface area contributed by atoms with Crippen molar-refractivity contribution in [3.05, 3.63) is 30.3 Å². The molecule has 1 heterocycles. The van der Waals surface area contributed by atoms with E-state index in [9.17, 15) is 4.79 Å². The highest BCUT2D eigenvalue weighted by Gasteiger charge is 2.39. The maximum atomic E-state index is 12.2. The fourth-order valence-corrected chi connectivity index (χ4v) is 3.92. The molecule has 1 aromatic carbocycles. The Morgan fingerprint density at radius 1 is 1.17 bits per heavy atom. The number of benzene rings is 1. The molecule has 2 aliphatic rings. The van der Waals surface area contributed by atoms with E-state index >= 15 is 0 Å². The molecular weight excluding hydrogens is 310 g/mol. The number of halogens is 1. The van der Waals surface area contributed by atoms with Crippen molar-refractivity contribution in [1.82, 2.24) is 10.2 Å². The number of rotatable bonds is 4. The quantitative estimate of drug-likeness (QED) is 0.887. The summed E-state index contributed by atoms with van der Waals surface area (Å²) in [7, 11) is 0.